The maximum absolute atomic E-state index is 12.4. The molecular formula is C19H23N5O. The van der Waals surface area contributed by atoms with Gasteiger partial charge < -0.3 is 10.2 Å². The number of piperidine rings is 1. The highest BCUT2D eigenvalue weighted by atomic mass is 16.1. The summed E-state index contributed by atoms with van der Waals surface area (Å²) in [6.45, 7) is 1.76. The van der Waals surface area contributed by atoms with E-state index in [0.29, 0.717) is 11.5 Å². The Balaban J connectivity index is 1.41. The van der Waals surface area contributed by atoms with Gasteiger partial charge in [-0.2, -0.15) is 0 Å². The zero-order chi connectivity index (χ0) is 17.1. The lowest BCUT2D eigenvalue weighted by Crippen LogP contribution is -2.48. The van der Waals surface area contributed by atoms with Crippen molar-refractivity contribution in [1.29, 1.82) is 0 Å². The molecule has 0 spiro atoms. The molecule has 1 N–H and O–H groups in total. The number of hydrogen-bond donors (Lipinski definition) is 1. The first-order valence-corrected chi connectivity index (χ1v) is 9.07. The van der Waals surface area contributed by atoms with Gasteiger partial charge in [-0.3, -0.25) is 9.78 Å². The molecule has 1 saturated carbocycles. The third-order valence-electron chi connectivity index (χ3n) is 5.20. The van der Waals surface area contributed by atoms with E-state index in [0.717, 1.165) is 37.4 Å². The second-order valence-electron chi connectivity index (χ2n) is 6.93. The van der Waals surface area contributed by atoms with Crippen molar-refractivity contribution in [2.75, 3.05) is 18.0 Å². The van der Waals surface area contributed by atoms with Crippen molar-refractivity contribution in [1.82, 2.24) is 20.3 Å². The summed E-state index contributed by atoms with van der Waals surface area (Å²) < 4.78 is 0. The molecule has 6 heteroatoms. The lowest BCUT2D eigenvalue weighted by molar-refractivity contribution is 0.0932. The SMILES string of the molecule is O=C(NC1CCCN(c2cc(C3CCC3)ncn2)C1)c1cccnc1. The van der Waals surface area contributed by atoms with Crippen LogP contribution in [0.1, 0.15) is 54.1 Å². The molecule has 2 fully saturated rings. The quantitative estimate of drug-likeness (QED) is 0.928. The molecule has 6 nitrogen and oxygen atoms in total. The lowest BCUT2D eigenvalue weighted by atomic mass is 9.83. The molecule has 2 aliphatic rings. The van der Waals surface area contributed by atoms with E-state index in [1.54, 1.807) is 30.9 Å². The molecule has 1 aliphatic carbocycles. The summed E-state index contributed by atoms with van der Waals surface area (Å²) >= 11 is 0. The number of rotatable bonds is 4. The molecule has 0 aromatic carbocycles. The largest absolute Gasteiger partial charge is 0.354 e. The predicted octanol–water partition coefficient (Wildman–Crippen LogP) is 2.54. The Labute approximate surface area is 147 Å². The Kier molecular flexibility index (Phi) is 4.59. The summed E-state index contributed by atoms with van der Waals surface area (Å²) in [6, 6.07) is 5.84. The van der Waals surface area contributed by atoms with Crippen LogP contribution in [0.3, 0.4) is 0 Å². The highest BCUT2D eigenvalue weighted by Gasteiger charge is 2.25. The van der Waals surface area contributed by atoms with Gasteiger partial charge in [0.1, 0.15) is 12.1 Å². The maximum atomic E-state index is 12.4. The molecule has 2 aromatic heterocycles. The van der Waals surface area contributed by atoms with E-state index < -0.39 is 0 Å². The van der Waals surface area contributed by atoms with Gasteiger partial charge in [0.05, 0.1) is 5.56 Å². The minimum atomic E-state index is -0.0576. The van der Waals surface area contributed by atoms with E-state index in [2.05, 4.69) is 31.2 Å². The van der Waals surface area contributed by atoms with E-state index in [1.807, 2.05) is 0 Å². The molecule has 0 bridgehead atoms. The number of aromatic nitrogens is 3. The number of amides is 1. The van der Waals surface area contributed by atoms with Crippen LogP contribution >= 0.6 is 0 Å². The van der Waals surface area contributed by atoms with E-state index in [1.165, 1.54) is 19.3 Å². The molecule has 2 aromatic rings. The molecule has 3 heterocycles. The highest BCUT2D eigenvalue weighted by molar-refractivity contribution is 5.94. The summed E-state index contributed by atoms with van der Waals surface area (Å²) in [5.41, 5.74) is 1.77. The Morgan fingerprint density at radius 2 is 2.12 bits per heavy atom. The van der Waals surface area contributed by atoms with Crippen molar-refractivity contribution in [2.24, 2.45) is 0 Å². The van der Waals surface area contributed by atoms with E-state index in [4.69, 9.17) is 0 Å². The third-order valence-corrected chi connectivity index (χ3v) is 5.20. The van der Waals surface area contributed by atoms with Crippen LogP contribution in [-0.2, 0) is 0 Å². The maximum Gasteiger partial charge on any atom is 0.253 e. The number of carbonyl (C=O) groups excluding carboxylic acids is 1. The molecule has 1 unspecified atom stereocenters. The number of pyridine rings is 1. The van der Waals surface area contributed by atoms with Gasteiger partial charge in [0, 0.05) is 49.2 Å². The summed E-state index contributed by atoms with van der Waals surface area (Å²) in [4.78, 5) is 27.5. The molecule has 25 heavy (non-hydrogen) atoms. The fraction of sp³-hybridized carbons (Fsp3) is 0.474. The molecule has 1 amide bonds. The van der Waals surface area contributed by atoms with Gasteiger partial charge >= 0.3 is 0 Å². The van der Waals surface area contributed by atoms with Gasteiger partial charge in [0.2, 0.25) is 0 Å². The topological polar surface area (TPSA) is 71.0 Å². The summed E-state index contributed by atoms with van der Waals surface area (Å²) in [5, 5.41) is 3.13. The van der Waals surface area contributed by atoms with Gasteiger partial charge in [-0.15, -0.1) is 0 Å². The van der Waals surface area contributed by atoms with Crippen molar-refractivity contribution < 1.29 is 4.79 Å². The Morgan fingerprint density at radius 1 is 1.20 bits per heavy atom. The van der Waals surface area contributed by atoms with Crippen LogP contribution in [0.15, 0.2) is 36.9 Å². The summed E-state index contributed by atoms with van der Waals surface area (Å²) in [7, 11) is 0. The zero-order valence-corrected chi connectivity index (χ0v) is 14.3. The number of nitrogens with zero attached hydrogens (tertiary/aromatic N) is 4. The molecule has 4 rings (SSSR count). The van der Waals surface area contributed by atoms with Gasteiger partial charge in [-0.05, 0) is 37.8 Å². The van der Waals surface area contributed by atoms with Crippen LogP contribution in [0.5, 0.6) is 0 Å². The molecule has 1 atom stereocenters. The first-order chi connectivity index (χ1) is 12.3. The van der Waals surface area contributed by atoms with Crippen LogP contribution in [0.25, 0.3) is 0 Å². The lowest BCUT2D eigenvalue weighted by Gasteiger charge is -2.34. The van der Waals surface area contributed by atoms with Gasteiger partial charge in [-0.1, -0.05) is 6.42 Å². The average Bonchev–Trinajstić information content (AvgIpc) is 2.61. The smallest absolute Gasteiger partial charge is 0.253 e. The first kappa shape index (κ1) is 16.0. The first-order valence-electron chi connectivity index (χ1n) is 9.07. The number of hydrogen-bond acceptors (Lipinski definition) is 5. The average molecular weight is 337 g/mol. The second-order valence-corrected chi connectivity index (χ2v) is 6.93. The highest BCUT2D eigenvalue weighted by Crippen LogP contribution is 2.36. The monoisotopic (exact) mass is 337 g/mol. The summed E-state index contributed by atoms with van der Waals surface area (Å²) in [5.74, 6) is 1.53. The standard InChI is InChI=1S/C19H23N5O/c25-19(15-6-2-8-20-11-15)23-16-7-3-9-24(12-16)18-10-17(21-13-22-18)14-4-1-5-14/h2,6,8,10-11,13-14,16H,1,3-5,7,9,12H2,(H,23,25). The van der Waals surface area contributed by atoms with Crippen molar-refractivity contribution in [3.05, 3.63) is 48.2 Å². The van der Waals surface area contributed by atoms with E-state index in [9.17, 15) is 4.79 Å². The van der Waals surface area contributed by atoms with Crippen LogP contribution in [0.4, 0.5) is 5.82 Å². The van der Waals surface area contributed by atoms with E-state index in [-0.39, 0.29) is 11.9 Å². The van der Waals surface area contributed by atoms with Gasteiger partial charge in [0.25, 0.3) is 5.91 Å². The Bertz CT molecular complexity index is 732. The second kappa shape index (κ2) is 7.17. The molecule has 1 saturated heterocycles. The van der Waals surface area contributed by atoms with Crippen LogP contribution in [0, 0.1) is 0 Å². The number of nitrogens with one attached hydrogen (secondary N) is 1. The van der Waals surface area contributed by atoms with Crippen molar-refractivity contribution in [3.63, 3.8) is 0 Å². The third kappa shape index (κ3) is 3.62. The number of carbonyl (C=O) groups is 1. The Morgan fingerprint density at radius 3 is 2.88 bits per heavy atom. The van der Waals surface area contributed by atoms with Crippen LogP contribution in [-0.4, -0.2) is 40.0 Å². The predicted molar refractivity (Wildman–Crippen MR) is 95.6 cm³/mol. The van der Waals surface area contributed by atoms with Crippen LogP contribution < -0.4 is 10.2 Å². The van der Waals surface area contributed by atoms with Crippen molar-refractivity contribution >= 4 is 11.7 Å². The van der Waals surface area contributed by atoms with Crippen molar-refractivity contribution in [2.45, 2.75) is 44.1 Å². The normalized spacial score (nSPS) is 20.8. The van der Waals surface area contributed by atoms with Gasteiger partial charge in [0.15, 0.2) is 0 Å². The van der Waals surface area contributed by atoms with Crippen LogP contribution in [0.2, 0.25) is 0 Å². The van der Waals surface area contributed by atoms with E-state index >= 15 is 0 Å². The zero-order valence-electron chi connectivity index (χ0n) is 14.3. The minimum absolute atomic E-state index is 0.0576. The van der Waals surface area contributed by atoms with Gasteiger partial charge in [-0.25, -0.2) is 9.97 Å². The Hall–Kier alpha value is -2.50. The number of anilines is 1. The fourth-order valence-electron chi connectivity index (χ4n) is 3.53. The molecular weight excluding hydrogens is 314 g/mol. The fourth-order valence-corrected chi connectivity index (χ4v) is 3.53. The molecule has 1 aliphatic heterocycles. The summed E-state index contributed by atoms with van der Waals surface area (Å²) in [6.07, 6.45) is 10.8. The molecule has 0 radical (unpaired) electrons. The molecule has 130 valence electrons. The van der Waals surface area contributed by atoms with Crippen molar-refractivity contribution in [3.8, 4) is 0 Å². The minimum Gasteiger partial charge on any atom is -0.354 e.